The molecule has 0 aromatic heterocycles. The van der Waals surface area contributed by atoms with Crippen LogP contribution in [0.5, 0.6) is 0 Å². The molecule has 0 atom stereocenters. The molecule has 1 aromatic carbocycles. The van der Waals surface area contributed by atoms with Crippen molar-refractivity contribution in [1.82, 2.24) is 0 Å². The fourth-order valence-electron chi connectivity index (χ4n) is 0.942. The van der Waals surface area contributed by atoms with Crippen LogP contribution in [-0.2, 0) is 0 Å². The third kappa shape index (κ3) is 1.36. The highest BCUT2D eigenvalue weighted by Gasteiger charge is 2.03. The van der Waals surface area contributed by atoms with E-state index >= 15 is 0 Å². The van der Waals surface area contributed by atoms with E-state index in [1.54, 1.807) is 6.07 Å². The lowest BCUT2D eigenvalue weighted by Crippen LogP contribution is -1.85. The summed E-state index contributed by atoms with van der Waals surface area (Å²) in [6.45, 7) is 3.78. The Morgan fingerprint density at radius 3 is 2.55 bits per heavy atom. The van der Waals surface area contributed by atoms with E-state index in [4.69, 9.17) is 16.9 Å². The summed E-state index contributed by atoms with van der Waals surface area (Å²) in [5, 5.41) is 9.32. The number of hydrogen-bond acceptors (Lipinski definition) is 1. The summed E-state index contributed by atoms with van der Waals surface area (Å²) >= 11 is 5.91. The van der Waals surface area contributed by atoms with E-state index in [-0.39, 0.29) is 0 Å². The number of hydrogen-bond donors (Lipinski definition) is 0. The van der Waals surface area contributed by atoms with Gasteiger partial charge in [-0.25, -0.2) is 0 Å². The van der Waals surface area contributed by atoms with Gasteiger partial charge in [-0.05, 0) is 31.0 Å². The van der Waals surface area contributed by atoms with Crippen LogP contribution in [-0.4, -0.2) is 0 Å². The number of nitriles is 1. The van der Waals surface area contributed by atoms with Crippen LogP contribution >= 0.6 is 11.6 Å². The van der Waals surface area contributed by atoms with E-state index in [9.17, 15) is 0 Å². The first-order valence-electron chi connectivity index (χ1n) is 3.32. The number of rotatable bonds is 0. The monoisotopic (exact) mass is 165 g/mol. The van der Waals surface area contributed by atoms with Crippen molar-refractivity contribution in [2.75, 3.05) is 0 Å². The molecule has 1 nitrogen and oxygen atoms in total. The standard InChI is InChI=1S/C9H8ClN/c1-6-3-4-8(5-11)7(2)9(6)10/h3-4H,1-2H3. The summed E-state index contributed by atoms with van der Waals surface area (Å²) in [6.07, 6.45) is 0. The number of benzene rings is 1. The molecule has 0 unspecified atom stereocenters. The van der Waals surface area contributed by atoms with Gasteiger partial charge >= 0.3 is 0 Å². The van der Waals surface area contributed by atoms with Crippen molar-refractivity contribution >= 4 is 11.6 Å². The molecule has 0 amide bonds. The molecule has 0 fully saturated rings. The SMILES string of the molecule is Cc1ccc(C#N)c(C)c1Cl. The van der Waals surface area contributed by atoms with Crippen LogP contribution in [0.1, 0.15) is 16.7 Å². The fraction of sp³-hybridized carbons (Fsp3) is 0.222. The van der Waals surface area contributed by atoms with Crippen LogP contribution < -0.4 is 0 Å². The third-order valence-corrected chi connectivity index (χ3v) is 2.28. The van der Waals surface area contributed by atoms with Gasteiger partial charge in [0.15, 0.2) is 0 Å². The van der Waals surface area contributed by atoms with Crippen molar-refractivity contribution < 1.29 is 0 Å². The molecule has 0 aliphatic carbocycles. The Hall–Kier alpha value is -1.00. The first-order chi connectivity index (χ1) is 5.16. The maximum absolute atomic E-state index is 8.63. The summed E-state index contributed by atoms with van der Waals surface area (Å²) < 4.78 is 0. The third-order valence-electron chi connectivity index (χ3n) is 1.70. The van der Waals surface area contributed by atoms with Crippen molar-refractivity contribution in [3.8, 4) is 6.07 Å². The molecule has 0 radical (unpaired) electrons. The zero-order valence-electron chi connectivity index (χ0n) is 6.48. The van der Waals surface area contributed by atoms with Crippen molar-refractivity contribution in [2.24, 2.45) is 0 Å². The highest BCUT2D eigenvalue weighted by atomic mass is 35.5. The maximum Gasteiger partial charge on any atom is 0.0994 e. The van der Waals surface area contributed by atoms with Crippen LogP contribution in [0.15, 0.2) is 12.1 Å². The van der Waals surface area contributed by atoms with Crippen molar-refractivity contribution in [3.63, 3.8) is 0 Å². The largest absolute Gasteiger partial charge is 0.192 e. The highest BCUT2D eigenvalue weighted by Crippen LogP contribution is 2.22. The molecule has 1 rings (SSSR count). The molecule has 0 spiro atoms. The van der Waals surface area contributed by atoms with Gasteiger partial charge in [-0.15, -0.1) is 0 Å². The predicted octanol–water partition coefficient (Wildman–Crippen LogP) is 2.83. The molecule has 0 heterocycles. The maximum atomic E-state index is 8.63. The number of nitrogens with zero attached hydrogens (tertiary/aromatic N) is 1. The van der Waals surface area contributed by atoms with Gasteiger partial charge in [0.1, 0.15) is 0 Å². The second-order valence-corrected chi connectivity index (χ2v) is 2.86. The lowest BCUT2D eigenvalue weighted by molar-refractivity contribution is 1.34. The molecule has 2 heteroatoms. The summed E-state index contributed by atoms with van der Waals surface area (Å²) in [7, 11) is 0. The van der Waals surface area contributed by atoms with Gasteiger partial charge in [-0.3, -0.25) is 0 Å². The second kappa shape index (κ2) is 2.94. The molecule has 11 heavy (non-hydrogen) atoms. The summed E-state index contributed by atoms with van der Waals surface area (Å²) in [5.74, 6) is 0. The zero-order chi connectivity index (χ0) is 8.43. The molecule has 0 saturated carbocycles. The fourth-order valence-corrected chi connectivity index (χ4v) is 1.11. The molecule has 0 aliphatic heterocycles. The van der Waals surface area contributed by atoms with Gasteiger partial charge in [-0.1, -0.05) is 17.7 Å². The lowest BCUT2D eigenvalue weighted by Gasteiger charge is -2.02. The minimum Gasteiger partial charge on any atom is -0.192 e. The summed E-state index contributed by atoms with van der Waals surface area (Å²) in [4.78, 5) is 0. The Bertz CT molecular complexity index is 323. The van der Waals surface area contributed by atoms with Gasteiger partial charge in [0, 0.05) is 5.02 Å². The summed E-state index contributed by atoms with van der Waals surface area (Å²) in [5.41, 5.74) is 2.54. The lowest BCUT2D eigenvalue weighted by atomic mass is 10.1. The molecule has 0 saturated heterocycles. The van der Waals surface area contributed by atoms with Gasteiger partial charge in [-0.2, -0.15) is 5.26 Å². The zero-order valence-corrected chi connectivity index (χ0v) is 7.24. The van der Waals surface area contributed by atoms with Crippen LogP contribution in [0.2, 0.25) is 5.02 Å². The number of halogens is 1. The van der Waals surface area contributed by atoms with E-state index < -0.39 is 0 Å². The molecule has 0 aliphatic rings. The summed E-state index contributed by atoms with van der Waals surface area (Å²) in [6, 6.07) is 5.72. The van der Waals surface area contributed by atoms with Gasteiger partial charge in [0.25, 0.3) is 0 Å². The first kappa shape index (κ1) is 8.10. The van der Waals surface area contributed by atoms with Crippen LogP contribution in [0.4, 0.5) is 0 Å². The first-order valence-corrected chi connectivity index (χ1v) is 3.70. The van der Waals surface area contributed by atoms with E-state index in [1.165, 1.54) is 0 Å². The average Bonchev–Trinajstić information content (AvgIpc) is 2.01. The van der Waals surface area contributed by atoms with Gasteiger partial charge < -0.3 is 0 Å². The molecule has 0 N–H and O–H groups in total. The van der Waals surface area contributed by atoms with Gasteiger partial charge in [0.2, 0.25) is 0 Å². The van der Waals surface area contributed by atoms with Crippen molar-refractivity contribution in [1.29, 1.82) is 5.26 Å². The Balaban J connectivity index is 3.40. The van der Waals surface area contributed by atoms with Crippen LogP contribution in [0.3, 0.4) is 0 Å². The minimum absolute atomic E-state index is 0.653. The Kier molecular flexibility index (Phi) is 2.16. The Labute approximate surface area is 71.2 Å². The van der Waals surface area contributed by atoms with Crippen LogP contribution in [0, 0.1) is 25.2 Å². The molecule has 56 valence electrons. The van der Waals surface area contributed by atoms with E-state index in [0.29, 0.717) is 10.6 Å². The van der Waals surface area contributed by atoms with E-state index in [2.05, 4.69) is 6.07 Å². The number of aryl methyl sites for hydroxylation is 1. The predicted molar refractivity (Wildman–Crippen MR) is 45.6 cm³/mol. The molecular formula is C9H8ClN. The quantitative estimate of drug-likeness (QED) is 0.580. The van der Waals surface area contributed by atoms with Crippen LogP contribution in [0.25, 0.3) is 0 Å². The van der Waals surface area contributed by atoms with E-state index in [0.717, 1.165) is 11.1 Å². The van der Waals surface area contributed by atoms with Crippen molar-refractivity contribution in [2.45, 2.75) is 13.8 Å². The Morgan fingerprint density at radius 1 is 1.36 bits per heavy atom. The average molecular weight is 166 g/mol. The second-order valence-electron chi connectivity index (χ2n) is 2.48. The highest BCUT2D eigenvalue weighted by molar-refractivity contribution is 6.32. The Morgan fingerprint density at radius 2 is 2.00 bits per heavy atom. The molecule has 0 bridgehead atoms. The normalized spacial score (nSPS) is 9.27. The smallest absolute Gasteiger partial charge is 0.0994 e. The topological polar surface area (TPSA) is 23.8 Å². The van der Waals surface area contributed by atoms with Gasteiger partial charge in [0.05, 0.1) is 11.6 Å². The van der Waals surface area contributed by atoms with Crippen molar-refractivity contribution in [3.05, 3.63) is 33.8 Å². The molecular weight excluding hydrogens is 158 g/mol. The van der Waals surface area contributed by atoms with E-state index in [1.807, 2.05) is 19.9 Å². The molecule has 1 aromatic rings. The minimum atomic E-state index is 0.653.